The molecule has 0 aliphatic carbocycles. The fourth-order valence-corrected chi connectivity index (χ4v) is 2.56. The molecule has 3 rings (SSSR count). The van der Waals surface area contributed by atoms with Crippen LogP contribution < -0.4 is 16.0 Å². The number of non-ortho nitro benzene ring substituents is 1. The van der Waals surface area contributed by atoms with Gasteiger partial charge in [-0.05, 0) is 25.1 Å². The van der Waals surface area contributed by atoms with E-state index in [1.807, 2.05) is 0 Å². The molecule has 1 aromatic carbocycles. The minimum absolute atomic E-state index is 0.0650. The Bertz CT molecular complexity index is 1040. The van der Waals surface area contributed by atoms with Crippen molar-refractivity contribution in [1.29, 1.82) is 0 Å². The second-order valence-corrected chi connectivity index (χ2v) is 6.07. The number of carbonyl (C=O) groups excluding carboxylic acids is 2. The van der Waals surface area contributed by atoms with Crippen molar-refractivity contribution < 1.29 is 18.9 Å². The van der Waals surface area contributed by atoms with Crippen molar-refractivity contribution in [3.05, 3.63) is 58.8 Å². The average Bonchev–Trinajstić information content (AvgIpc) is 3.25. The number of amides is 2. The first-order valence-corrected chi connectivity index (χ1v) is 8.71. The summed E-state index contributed by atoms with van der Waals surface area (Å²) >= 11 is 0. The van der Waals surface area contributed by atoms with Gasteiger partial charge in [0, 0.05) is 30.6 Å². The molecule has 0 aliphatic rings. The predicted octanol–water partition coefficient (Wildman–Crippen LogP) is 1.48. The molecule has 0 radical (unpaired) electrons. The second-order valence-electron chi connectivity index (χ2n) is 6.07. The molecule has 11 nitrogen and oxygen atoms in total. The Morgan fingerprint density at radius 1 is 1.24 bits per heavy atom. The topological polar surface area (TPSA) is 152 Å². The molecule has 0 aliphatic heterocycles. The third-order valence-electron chi connectivity index (χ3n) is 4.03. The third-order valence-corrected chi connectivity index (χ3v) is 4.03. The highest BCUT2D eigenvalue weighted by Gasteiger charge is 2.17. The summed E-state index contributed by atoms with van der Waals surface area (Å²) in [5, 5.41) is 19.7. The minimum atomic E-state index is -0.755. The van der Waals surface area contributed by atoms with Crippen LogP contribution in [-0.4, -0.2) is 45.8 Å². The van der Waals surface area contributed by atoms with E-state index in [1.165, 1.54) is 30.8 Å². The molecule has 150 valence electrons. The van der Waals surface area contributed by atoms with Crippen LogP contribution in [0.2, 0.25) is 0 Å². The number of hydrogen-bond acceptors (Lipinski definition) is 8. The molecule has 0 spiro atoms. The van der Waals surface area contributed by atoms with Gasteiger partial charge in [0.2, 0.25) is 5.91 Å². The lowest BCUT2D eigenvalue weighted by molar-refractivity contribution is -0.384. The van der Waals surface area contributed by atoms with Crippen LogP contribution in [0.15, 0.2) is 47.3 Å². The van der Waals surface area contributed by atoms with E-state index in [1.54, 1.807) is 19.1 Å². The summed E-state index contributed by atoms with van der Waals surface area (Å²) in [4.78, 5) is 42.6. The van der Waals surface area contributed by atoms with E-state index in [0.29, 0.717) is 23.3 Å². The molecule has 0 saturated heterocycles. The molecule has 2 aromatic heterocycles. The minimum Gasteiger partial charge on any atom is -0.459 e. The lowest BCUT2D eigenvalue weighted by Crippen LogP contribution is -2.45. The summed E-state index contributed by atoms with van der Waals surface area (Å²) in [5.74, 6) is -0.303. The highest BCUT2D eigenvalue weighted by molar-refractivity contribution is 5.95. The molecule has 0 bridgehead atoms. The number of furan rings is 1. The number of fused-ring (bicyclic) bond motifs is 1. The fraction of sp³-hybridized carbons (Fsp3) is 0.222. The molecule has 11 heteroatoms. The molecule has 0 fully saturated rings. The molecule has 1 unspecified atom stereocenters. The standard InChI is InChI=1S/C18H18N6O5/c1-11(23-18(26)15-3-2-8-29-15)17(25)20-7-6-19-16-13-9-12(24(27)28)4-5-14(13)21-10-22-16/h2-5,8-11H,6-7H2,1H3,(H,20,25)(H,23,26)(H,19,21,22). The van der Waals surface area contributed by atoms with Crippen molar-refractivity contribution in [2.75, 3.05) is 18.4 Å². The highest BCUT2D eigenvalue weighted by atomic mass is 16.6. The van der Waals surface area contributed by atoms with E-state index in [0.717, 1.165) is 0 Å². The average molecular weight is 398 g/mol. The number of nitro benzene ring substituents is 1. The number of nitrogens with zero attached hydrogens (tertiary/aromatic N) is 3. The van der Waals surface area contributed by atoms with E-state index in [2.05, 4.69) is 25.9 Å². The number of benzene rings is 1. The maximum absolute atomic E-state index is 12.1. The van der Waals surface area contributed by atoms with Crippen molar-refractivity contribution >= 4 is 34.2 Å². The van der Waals surface area contributed by atoms with Gasteiger partial charge in [-0.1, -0.05) is 0 Å². The maximum Gasteiger partial charge on any atom is 0.287 e. The van der Waals surface area contributed by atoms with Gasteiger partial charge in [-0.15, -0.1) is 0 Å². The number of rotatable bonds is 8. The number of nitrogens with one attached hydrogen (secondary N) is 3. The van der Waals surface area contributed by atoms with Crippen molar-refractivity contribution in [2.45, 2.75) is 13.0 Å². The first-order chi connectivity index (χ1) is 14.0. The zero-order chi connectivity index (χ0) is 20.8. The van der Waals surface area contributed by atoms with Gasteiger partial charge < -0.3 is 20.4 Å². The van der Waals surface area contributed by atoms with Gasteiger partial charge in [0.05, 0.1) is 16.7 Å². The lowest BCUT2D eigenvalue weighted by Gasteiger charge is -2.14. The van der Waals surface area contributed by atoms with E-state index in [-0.39, 0.29) is 23.9 Å². The van der Waals surface area contributed by atoms with Crippen LogP contribution in [0.1, 0.15) is 17.5 Å². The number of aromatic nitrogens is 2. The van der Waals surface area contributed by atoms with Crippen molar-refractivity contribution in [1.82, 2.24) is 20.6 Å². The third kappa shape index (κ3) is 4.83. The first-order valence-electron chi connectivity index (χ1n) is 8.71. The summed E-state index contributed by atoms with van der Waals surface area (Å²) in [7, 11) is 0. The van der Waals surface area contributed by atoms with Gasteiger partial charge >= 0.3 is 0 Å². The largest absolute Gasteiger partial charge is 0.459 e. The van der Waals surface area contributed by atoms with E-state index < -0.39 is 16.9 Å². The Morgan fingerprint density at radius 2 is 2.07 bits per heavy atom. The summed E-state index contributed by atoms with van der Waals surface area (Å²) in [5.41, 5.74) is 0.496. The van der Waals surface area contributed by atoms with E-state index in [9.17, 15) is 19.7 Å². The van der Waals surface area contributed by atoms with E-state index in [4.69, 9.17) is 4.42 Å². The van der Waals surface area contributed by atoms with Crippen LogP contribution in [-0.2, 0) is 4.79 Å². The lowest BCUT2D eigenvalue weighted by atomic mass is 10.2. The van der Waals surface area contributed by atoms with Gasteiger partial charge in [0.25, 0.3) is 11.6 Å². The molecular formula is C18H18N6O5. The van der Waals surface area contributed by atoms with Crippen molar-refractivity contribution in [3.63, 3.8) is 0 Å². The fourth-order valence-electron chi connectivity index (χ4n) is 2.56. The summed E-state index contributed by atoms with van der Waals surface area (Å²) in [6, 6.07) is 6.64. The molecule has 2 heterocycles. The molecular weight excluding hydrogens is 380 g/mol. The Balaban J connectivity index is 1.52. The SMILES string of the molecule is CC(NC(=O)c1ccco1)C(=O)NCCNc1ncnc2ccc([N+](=O)[O-])cc12. The van der Waals surface area contributed by atoms with E-state index >= 15 is 0 Å². The van der Waals surface area contributed by atoms with Crippen LogP contribution in [0.5, 0.6) is 0 Å². The number of hydrogen-bond donors (Lipinski definition) is 3. The zero-order valence-electron chi connectivity index (χ0n) is 15.4. The van der Waals surface area contributed by atoms with Crippen LogP contribution in [0.4, 0.5) is 11.5 Å². The van der Waals surface area contributed by atoms with Gasteiger partial charge in [-0.25, -0.2) is 9.97 Å². The molecule has 1 atom stereocenters. The summed E-state index contributed by atoms with van der Waals surface area (Å²) in [6.07, 6.45) is 2.72. The molecule has 3 aromatic rings. The van der Waals surface area contributed by atoms with Crippen LogP contribution in [0, 0.1) is 10.1 Å². The Hall–Kier alpha value is -4.02. The Morgan fingerprint density at radius 3 is 2.79 bits per heavy atom. The van der Waals surface area contributed by atoms with Crippen molar-refractivity contribution in [2.24, 2.45) is 0 Å². The molecule has 3 N–H and O–H groups in total. The maximum atomic E-state index is 12.1. The second kappa shape index (κ2) is 8.78. The number of nitro groups is 1. The number of carbonyl (C=O) groups is 2. The first kappa shape index (κ1) is 19.7. The predicted molar refractivity (Wildman–Crippen MR) is 103 cm³/mol. The van der Waals surface area contributed by atoms with Gasteiger partial charge in [0.15, 0.2) is 5.76 Å². The Labute approximate surface area is 164 Å². The van der Waals surface area contributed by atoms with Crippen LogP contribution in [0.3, 0.4) is 0 Å². The quantitative estimate of drug-likeness (QED) is 0.293. The Kier molecular flexibility index (Phi) is 5.97. The monoisotopic (exact) mass is 398 g/mol. The van der Waals surface area contributed by atoms with Gasteiger partial charge in [-0.3, -0.25) is 19.7 Å². The van der Waals surface area contributed by atoms with Crippen LogP contribution >= 0.6 is 0 Å². The summed E-state index contributed by atoms with van der Waals surface area (Å²) < 4.78 is 4.97. The smallest absolute Gasteiger partial charge is 0.287 e. The zero-order valence-corrected chi connectivity index (χ0v) is 15.4. The molecule has 0 saturated carbocycles. The number of anilines is 1. The normalized spacial score (nSPS) is 11.6. The molecule has 29 heavy (non-hydrogen) atoms. The van der Waals surface area contributed by atoms with Gasteiger partial charge in [-0.2, -0.15) is 0 Å². The highest BCUT2D eigenvalue weighted by Crippen LogP contribution is 2.23. The van der Waals surface area contributed by atoms with Gasteiger partial charge in [0.1, 0.15) is 18.2 Å². The van der Waals surface area contributed by atoms with Crippen molar-refractivity contribution in [3.8, 4) is 0 Å². The molecule has 2 amide bonds. The van der Waals surface area contributed by atoms with Crippen LogP contribution in [0.25, 0.3) is 10.9 Å². The summed E-state index contributed by atoms with van der Waals surface area (Å²) in [6.45, 7) is 2.13.